The van der Waals surface area contributed by atoms with Crippen LogP contribution in [0.25, 0.3) is 0 Å². The summed E-state index contributed by atoms with van der Waals surface area (Å²) >= 11 is 14.6. The lowest BCUT2D eigenvalue weighted by Gasteiger charge is -2.32. The van der Waals surface area contributed by atoms with E-state index in [2.05, 4.69) is 67.3 Å². The lowest BCUT2D eigenvalue weighted by Crippen LogP contribution is -2.34. The van der Waals surface area contributed by atoms with Gasteiger partial charge in [-0.05, 0) is 87.6 Å². The molecule has 2 nitrogen and oxygen atoms in total. The SMILES string of the molecule is CC#N.CC(C)N(CCCc1c(C2(Cl)CCCC2)cccc1C1(Cl)CCCC1)CCc1ccccc1. The van der Waals surface area contributed by atoms with Crippen molar-refractivity contribution in [1.29, 1.82) is 5.26 Å². The maximum Gasteiger partial charge on any atom is 0.0697 e. The van der Waals surface area contributed by atoms with E-state index >= 15 is 0 Å². The zero-order chi connectivity index (χ0) is 26.0. The van der Waals surface area contributed by atoms with E-state index in [0.717, 1.165) is 58.0 Å². The van der Waals surface area contributed by atoms with E-state index < -0.39 is 0 Å². The number of benzene rings is 2. The highest BCUT2D eigenvalue weighted by Crippen LogP contribution is 2.51. The van der Waals surface area contributed by atoms with Gasteiger partial charge in [0, 0.05) is 19.5 Å². The molecule has 4 rings (SSSR count). The molecule has 0 N–H and O–H groups in total. The first-order chi connectivity index (χ1) is 17.3. The number of nitrogens with zero attached hydrogens (tertiary/aromatic N) is 2. The van der Waals surface area contributed by atoms with E-state index in [-0.39, 0.29) is 9.75 Å². The number of hydrogen-bond donors (Lipinski definition) is 0. The average molecular weight is 528 g/mol. The van der Waals surface area contributed by atoms with Gasteiger partial charge in [-0.2, -0.15) is 5.26 Å². The van der Waals surface area contributed by atoms with Crippen molar-refractivity contribution in [2.75, 3.05) is 13.1 Å². The quantitative estimate of drug-likeness (QED) is 0.288. The Bertz CT molecular complexity index is 927. The smallest absolute Gasteiger partial charge is 0.0697 e. The molecule has 0 atom stereocenters. The first-order valence-corrected chi connectivity index (χ1v) is 14.7. The van der Waals surface area contributed by atoms with Crippen LogP contribution in [-0.4, -0.2) is 24.0 Å². The van der Waals surface area contributed by atoms with Crippen molar-refractivity contribution in [3.63, 3.8) is 0 Å². The van der Waals surface area contributed by atoms with Gasteiger partial charge in [-0.1, -0.05) is 74.2 Å². The van der Waals surface area contributed by atoms with Crippen LogP contribution in [0.15, 0.2) is 48.5 Å². The van der Waals surface area contributed by atoms with Crippen molar-refractivity contribution < 1.29 is 0 Å². The molecule has 0 radical (unpaired) electrons. The Labute approximate surface area is 230 Å². The maximum absolute atomic E-state index is 7.32. The van der Waals surface area contributed by atoms with Gasteiger partial charge in [0.25, 0.3) is 0 Å². The molecule has 0 bridgehead atoms. The molecule has 0 saturated heterocycles. The molecule has 196 valence electrons. The van der Waals surface area contributed by atoms with E-state index in [4.69, 9.17) is 28.5 Å². The van der Waals surface area contributed by atoms with Gasteiger partial charge in [-0.15, -0.1) is 23.2 Å². The predicted octanol–water partition coefficient (Wildman–Crippen LogP) is 9.12. The van der Waals surface area contributed by atoms with E-state index in [9.17, 15) is 0 Å². The number of nitriles is 1. The molecule has 0 spiro atoms. The lowest BCUT2D eigenvalue weighted by atomic mass is 9.82. The van der Waals surface area contributed by atoms with E-state index in [1.165, 1.54) is 54.9 Å². The van der Waals surface area contributed by atoms with Gasteiger partial charge in [0.05, 0.1) is 15.8 Å². The molecule has 0 heterocycles. The van der Waals surface area contributed by atoms with Gasteiger partial charge in [0.15, 0.2) is 0 Å². The van der Waals surface area contributed by atoms with Crippen molar-refractivity contribution in [1.82, 2.24) is 4.90 Å². The molecule has 0 aromatic heterocycles. The van der Waals surface area contributed by atoms with Gasteiger partial charge in [-0.25, -0.2) is 0 Å². The highest BCUT2D eigenvalue weighted by molar-refractivity contribution is 6.25. The summed E-state index contributed by atoms with van der Waals surface area (Å²) in [6.07, 6.45) is 12.6. The predicted molar refractivity (Wildman–Crippen MR) is 155 cm³/mol. The summed E-state index contributed by atoms with van der Waals surface area (Å²) < 4.78 is 0. The third-order valence-corrected chi connectivity index (χ3v) is 9.23. The van der Waals surface area contributed by atoms with Crippen LogP contribution in [0.5, 0.6) is 0 Å². The average Bonchev–Trinajstić information content (AvgIpc) is 3.52. The minimum absolute atomic E-state index is 0.192. The fourth-order valence-electron chi connectivity index (χ4n) is 6.11. The summed E-state index contributed by atoms with van der Waals surface area (Å²) in [6, 6.07) is 20.0. The Hall–Kier alpha value is -1.53. The first kappa shape index (κ1) is 29.0. The van der Waals surface area contributed by atoms with Gasteiger partial charge >= 0.3 is 0 Å². The Balaban J connectivity index is 0.00000115. The Kier molecular flexibility index (Phi) is 11.2. The van der Waals surface area contributed by atoms with Crippen LogP contribution < -0.4 is 0 Å². The van der Waals surface area contributed by atoms with E-state index in [1.54, 1.807) is 6.07 Å². The molecule has 0 amide bonds. The van der Waals surface area contributed by atoms with Crippen LogP contribution in [0.1, 0.15) is 101 Å². The van der Waals surface area contributed by atoms with Gasteiger partial charge in [0.1, 0.15) is 0 Å². The normalized spacial score (nSPS) is 18.2. The van der Waals surface area contributed by atoms with Crippen molar-refractivity contribution in [3.8, 4) is 6.07 Å². The first-order valence-electron chi connectivity index (χ1n) is 13.9. The van der Waals surface area contributed by atoms with Crippen LogP contribution in [-0.2, 0) is 22.6 Å². The van der Waals surface area contributed by atoms with Crippen molar-refractivity contribution in [2.45, 2.75) is 107 Å². The molecule has 2 aromatic carbocycles. The Morgan fingerprint density at radius 2 is 1.31 bits per heavy atom. The molecule has 2 aliphatic rings. The molecule has 0 unspecified atom stereocenters. The van der Waals surface area contributed by atoms with Gasteiger partial charge in [0.2, 0.25) is 0 Å². The van der Waals surface area contributed by atoms with Crippen LogP contribution in [0.2, 0.25) is 0 Å². The maximum atomic E-state index is 7.32. The fraction of sp³-hybridized carbons (Fsp3) is 0.594. The summed E-state index contributed by atoms with van der Waals surface area (Å²) in [5.74, 6) is 0. The van der Waals surface area contributed by atoms with Gasteiger partial charge < -0.3 is 4.90 Å². The third kappa shape index (κ3) is 7.50. The van der Waals surface area contributed by atoms with E-state index in [1.807, 2.05) is 0 Å². The van der Waals surface area contributed by atoms with Crippen LogP contribution in [0, 0.1) is 11.3 Å². The largest absolute Gasteiger partial charge is 0.301 e. The minimum Gasteiger partial charge on any atom is -0.301 e. The summed E-state index contributed by atoms with van der Waals surface area (Å²) in [5.41, 5.74) is 5.66. The molecule has 2 aliphatic carbocycles. The Morgan fingerprint density at radius 3 is 1.78 bits per heavy atom. The second-order valence-corrected chi connectivity index (χ2v) is 12.3. The molecule has 2 fully saturated rings. The number of rotatable bonds is 10. The second-order valence-electron chi connectivity index (χ2n) is 10.9. The molecular formula is C32H44Cl2N2. The summed E-state index contributed by atoms with van der Waals surface area (Å²) in [5, 5.41) is 7.32. The highest BCUT2D eigenvalue weighted by atomic mass is 35.5. The molecule has 2 aromatic rings. The summed E-state index contributed by atoms with van der Waals surface area (Å²) in [6.45, 7) is 8.30. The number of halogens is 2. The summed E-state index contributed by atoms with van der Waals surface area (Å²) in [4.78, 5) is 2.25. The Morgan fingerprint density at radius 1 is 0.806 bits per heavy atom. The standard InChI is InChI=1S/C30H41Cl2N.C2H3N/c1-24(2)33(23-17-25-12-4-3-5-13-25)22-11-14-26-27(29(31)18-6-7-19-29)15-10-16-28(26)30(32)20-8-9-21-30;1-2-3/h3-5,10,12-13,15-16,24H,6-9,11,14,17-23H2,1-2H3;1H3. The third-order valence-electron chi connectivity index (χ3n) is 8.07. The number of hydrogen-bond acceptors (Lipinski definition) is 2. The molecule has 36 heavy (non-hydrogen) atoms. The van der Waals surface area contributed by atoms with Crippen LogP contribution in [0.4, 0.5) is 0 Å². The number of alkyl halides is 2. The topological polar surface area (TPSA) is 27.0 Å². The lowest BCUT2D eigenvalue weighted by molar-refractivity contribution is 0.221. The van der Waals surface area contributed by atoms with Crippen molar-refractivity contribution >= 4 is 23.2 Å². The molecular weight excluding hydrogens is 483 g/mol. The second kappa shape index (κ2) is 13.9. The van der Waals surface area contributed by atoms with Crippen molar-refractivity contribution in [2.24, 2.45) is 0 Å². The minimum atomic E-state index is -0.192. The zero-order valence-electron chi connectivity index (χ0n) is 22.5. The summed E-state index contributed by atoms with van der Waals surface area (Å²) in [7, 11) is 0. The van der Waals surface area contributed by atoms with Crippen LogP contribution in [0.3, 0.4) is 0 Å². The molecule has 4 heteroatoms. The van der Waals surface area contributed by atoms with Crippen LogP contribution >= 0.6 is 23.2 Å². The highest BCUT2D eigenvalue weighted by Gasteiger charge is 2.40. The fourth-order valence-corrected chi connectivity index (χ4v) is 7.00. The molecule has 2 saturated carbocycles. The van der Waals surface area contributed by atoms with Gasteiger partial charge in [-0.3, -0.25) is 0 Å². The monoisotopic (exact) mass is 526 g/mol. The molecule has 0 aliphatic heterocycles. The van der Waals surface area contributed by atoms with Crippen molar-refractivity contribution in [3.05, 3.63) is 70.8 Å². The van der Waals surface area contributed by atoms with E-state index in [0.29, 0.717) is 6.04 Å². The zero-order valence-corrected chi connectivity index (χ0v) is 24.1.